The SMILES string of the molecule is CCOC(=O)CC(NCc1ccc(OCCn2c(=O)ccn(C)c2=O)c(OC)c1)c1ccc(Cl)c(Cl)c1. The van der Waals surface area contributed by atoms with Gasteiger partial charge in [-0.3, -0.25) is 14.2 Å². The molecule has 9 nitrogen and oxygen atoms in total. The third kappa shape index (κ3) is 7.61. The molecule has 1 heterocycles. The number of hydrogen-bond acceptors (Lipinski definition) is 7. The zero-order valence-corrected chi connectivity index (χ0v) is 22.3. The molecule has 0 aliphatic rings. The number of nitrogens with one attached hydrogen (secondary N) is 1. The van der Waals surface area contributed by atoms with Crippen molar-refractivity contribution in [2.75, 3.05) is 20.3 Å². The normalized spacial score (nSPS) is 11.7. The van der Waals surface area contributed by atoms with Gasteiger partial charge in [-0.2, -0.15) is 0 Å². The van der Waals surface area contributed by atoms with Gasteiger partial charge in [0.2, 0.25) is 0 Å². The molecule has 37 heavy (non-hydrogen) atoms. The molecular formula is C26H29Cl2N3O6. The van der Waals surface area contributed by atoms with Crippen LogP contribution in [0.4, 0.5) is 0 Å². The lowest BCUT2D eigenvalue weighted by Gasteiger charge is -2.20. The summed E-state index contributed by atoms with van der Waals surface area (Å²) >= 11 is 12.2. The molecule has 0 bridgehead atoms. The van der Waals surface area contributed by atoms with Crippen LogP contribution in [0.15, 0.2) is 58.3 Å². The zero-order valence-electron chi connectivity index (χ0n) is 20.8. The van der Waals surface area contributed by atoms with Crippen molar-refractivity contribution in [2.24, 2.45) is 7.05 Å². The van der Waals surface area contributed by atoms with Gasteiger partial charge in [0.15, 0.2) is 11.5 Å². The first-order valence-electron chi connectivity index (χ1n) is 11.6. The Labute approximate surface area is 224 Å². The number of ether oxygens (including phenoxy) is 3. The van der Waals surface area contributed by atoms with Crippen LogP contribution in [-0.4, -0.2) is 35.4 Å². The molecule has 1 atom stereocenters. The minimum Gasteiger partial charge on any atom is -0.493 e. The molecule has 0 fully saturated rings. The van der Waals surface area contributed by atoms with E-state index in [1.807, 2.05) is 18.2 Å². The Kier molecular flexibility index (Phi) is 10.2. The summed E-state index contributed by atoms with van der Waals surface area (Å²) in [6.45, 7) is 2.66. The summed E-state index contributed by atoms with van der Waals surface area (Å²) < 4.78 is 18.8. The van der Waals surface area contributed by atoms with Gasteiger partial charge in [0, 0.05) is 31.9 Å². The van der Waals surface area contributed by atoms with E-state index in [0.717, 1.165) is 15.7 Å². The summed E-state index contributed by atoms with van der Waals surface area (Å²) in [5.74, 6) is 0.628. The quantitative estimate of drug-likeness (QED) is 0.343. The molecule has 0 aliphatic heterocycles. The minimum absolute atomic E-state index is 0.0952. The molecule has 3 rings (SSSR count). The average molecular weight is 550 g/mol. The third-order valence-corrected chi connectivity index (χ3v) is 6.35. The van der Waals surface area contributed by atoms with E-state index in [9.17, 15) is 14.4 Å². The number of halogens is 2. The van der Waals surface area contributed by atoms with Crippen molar-refractivity contribution >= 4 is 29.2 Å². The molecule has 3 aromatic rings. The lowest BCUT2D eigenvalue weighted by molar-refractivity contribution is -0.143. The molecule has 198 valence electrons. The van der Waals surface area contributed by atoms with Gasteiger partial charge in [-0.1, -0.05) is 35.3 Å². The van der Waals surface area contributed by atoms with Crippen molar-refractivity contribution in [1.82, 2.24) is 14.5 Å². The number of benzene rings is 2. The van der Waals surface area contributed by atoms with Gasteiger partial charge < -0.3 is 24.1 Å². The number of carbonyl (C=O) groups excluding carboxylic acids is 1. The van der Waals surface area contributed by atoms with E-state index in [0.29, 0.717) is 34.7 Å². The van der Waals surface area contributed by atoms with Gasteiger partial charge in [0.25, 0.3) is 5.56 Å². The monoisotopic (exact) mass is 549 g/mol. The highest BCUT2D eigenvalue weighted by atomic mass is 35.5. The predicted octanol–water partition coefficient (Wildman–Crippen LogP) is 3.73. The highest BCUT2D eigenvalue weighted by Gasteiger charge is 2.18. The second-order valence-corrected chi connectivity index (χ2v) is 8.96. The van der Waals surface area contributed by atoms with E-state index in [4.69, 9.17) is 37.4 Å². The van der Waals surface area contributed by atoms with Crippen LogP contribution in [0.3, 0.4) is 0 Å². The van der Waals surface area contributed by atoms with Crippen molar-refractivity contribution in [3.8, 4) is 11.5 Å². The summed E-state index contributed by atoms with van der Waals surface area (Å²) in [6.07, 6.45) is 1.54. The molecular weight excluding hydrogens is 521 g/mol. The van der Waals surface area contributed by atoms with Crippen molar-refractivity contribution in [3.05, 3.63) is 90.7 Å². The Morgan fingerprint density at radius 1 is 1.05 bits per heavy atom. The van der Waals surface area contributed by atoms with E-state index >= 15 is 0 Å². The molecule has 0 aliphatic carbocycles. The van der Waals surface area contributed by atoms with Gasteiger partial charge in [0.05, 0.1) is 36.7 Å². The Balaban J connectivity index is 1.69. The van der Waals surface area contributed by atoms with Gasteiger partial charge in [-0.25, -0.2) is 4.79 Å². The first-order chi connectivity index (χ1) is 17.7. The fourth-order valence-electron chi connectivity index (χ4n) is 3.67. The number of rotatable bonds is 12. The van der Waals surface area contributed by atoms with E-state index in [2.05, 4.69) is 5.32 Å². The largest absolute Gasteiger partial charge is 0.493 e. The second-order valence-electron chi connectivity index (χ2n) is 8.15. The number of esters is 1. The number of hydrogen-bond donors (Lipinski definition) is 1. The first-order valence-corrected chi connectivity index (χ1v) is 12.4. The highest BCUT2D eigenvalue weighted by molar-refractivity contribution is 6.42. The maximum Gasteiger partial charge on any atom is 0.330 e. The first kappa shape index (κ1) is 28.3. The fourth-order valence-corrected chi connectivity index (χ4v) is 3.98. The smallest absolute Gasteiger partial charge is 0.330 e. The van der Waals surface area contributed by atoms with E-state index in [1.165, 1.54) is 23.9 Å². The molecule has 11 heteroatoms. The topological polar surface area (TPSA) is 101 Å². The summed E-state index contributed by atoms with van der Waals surface area (Å²) in [5.41, 5.74) is 0.881. The molecule has 0 saturated heterocycles. The average Bonchev–Trinajstić information content (AvgIpc) is 2.88. The third-order valence-electron chi connectivity index (χ3n) is 5.61. The molecule has 0 amide bonds. The van der Waals surface area contributed by atoms with Crippen LogP contribution in [0.25, 0.3) is 0 Å². The van der Waals surface area contributed by atoms with Crippen LogP contribution >= 0.6 is 23.2 Å². The maximum atomic E-state index is 12.2. The van der Waals surface area contributed by atoms with Crippen LogP contribution in [0.5, 0.6) is 11.5 Å². The van der Waals surface area contributed by atoms with Crippen molar-refractivity contribution in [1.29, 1.82) is 0 Å². The second kappa shape index (κ2) is 13.3. The van der Waals surface area contributed by atoms with Gasteiger partial charge in [0.1, 0.15) is 6.61 Å². The Morgan fingerprint density at radius 2 is 1.84 bits per heavy atom. The Bertz CT molecular complexity index is 1350. The summed E-state index contributed by atoms with van der Waals surface area (Å²) in [4.78, 5) is 36.4. The molecule has 1 unspecified atom stereocenters. The molecule has 0 saturated carbocycles. The van der Waals surface area contributed by atoms with Crippen LogP contribution in [0.1, 0.15) is 30.5 Å². The number of carbonyl (C=O) groups is 1. The standard InChI is InChI=1S/C26H29Cl2N3O6/c1-4-36-25(33)15-21(18-6-7-19(27)20(28)14-18)29-16-17-5-8-22(23(13-17)35-3)37-12-11-31-24(32)9-10-30(2)26(31)34/h5-10,13-14,21,29H,4,11-12,15-16H2,1-3H3. The van der Waals surface area contributed by atoms with Crippen LogP contribution in [0.2, 0.25) is 10.0 Å². The predicted molar refractivity (Wildman–Crippen MR) is 142 cm³/mol. The zero-order chi connectivity index (χ0) is 26.9. The maximum absolute atomic E-state index is 12.2. The van der Waals surface area contributed by atoms with E-state index in [1.54, 1.807) is 32.2 Å². The van der Waals surface area contributed by atoms with E-state index in [-0.39, 0.29) is 37.1 Å². The Morgan fingerprint density at radius 3 is 2.54 bits per heavy atom. The van der Waals surface area contributed by atoms with Crippen LogP contribution in [0, 0.1) is 0 Å². The lowest BCUT2D eigenvalue weighted by atomic mass is 10.0. The van der Waals surface area contributed by atoms with Crippen LogP contribution < -0.4 is 26.0 Å². The fraction of sp³-hybridized carbons (Fsp3) is 0.346. The lowest BCUT2D eigenvalue weighted by Crippen LogP contribution is -2.39. The number of aromatic nitrogens is 2. The van der Waals surface area contributed by atoms with Crippen molar-refractivity contribution in [2.45, 2.75) is 32.5 Å². The van der Waals surface area contributed by atoms with Crippen molar-refractivity contribution in [3.63, 3.8) is 0 Å². The summed E-state index contributed by atoms with van der Waals surface area (Å²) in [5, 5.41) is 4.19. The van der Waals surface area contributed by atoms with Crippen LogP contribution in [-0.2, 0) is 29.7 Å². The molecule has 2 aromatic carbocycles. The molecule has 1 aromatic heterocycles. The van der Waals surface area contributed by atoms with Crippen molar-refractivity contribution < 1.29 is 19.0 Å². The van der Waals surface area contributed by atoms with Gasteiger partial charge >= 0.3 is 11.7 Å². The summed E-state index contributed by atoms with van der Waals surface area (Å²) in [7, 11) is 3.10. The minimum atomic E-state index is -0.413. The van der Waals surface area contributed by atoms with E-state index < -0.39 is 5.69 Å². The Hall–Kier alpha value is -3.27. The number of methoxy groups -OCH3 is 1. The molecule has 1 N–H and O–H groups in total. The number of aryl methyl sites for hydroxylation is 1. The van der Waals surface area contributed by atoms with Gasteiger partial charge in [-0.05, 0) is 42.3 Å². The molecule has 0 radical (unpaired) electrons. The molecule has 0 spiro atoms. The highest BCUT2D eigenvalue weighted by Crippen LogP contribution is 2.30. The van der Waals surface area contributed by atoms with Gasteiger partial charge in [-0.15, -0.1) is 0 Å². The number of nitrogens with zero attached hydrogens (tertiary/aromatic N) is 2. The summed E-state index contributed by atoms with van der Waals surface area (Å²) in [6, 6.07) is 11.6.